The molecule has 3 nitrogen and oxygen atoms in total. The molecule has 0 saturated carbocycles. The van der Waals surface area contributed by atoms with Crippen molar-refractivity contribution in [2.24, 2.45) is 5.73 Å². The summed E-state index contributed by atoms with van der Waals surface area (Å²) in [7, 11) is 1.71. The van der Waals surface area contributed by atoms with E-state index in [9.17, 15) is 0 Å². The van der Waals surface area contributed by atoms with Gasteiger partial charge in [0, 0.05) is 13.7 Å². The van der Waals surface area contributed by atoms with Crippen LogP contribution in [0, 0.1) is 0 Å². The first kappa shape index (κ1) is 13.6. The van der Waals surface area contributed by atoms with Gasteiger partial charge in [-0.05, 0) is 33.7 Å². The van der Waals surface area contributed by atoms with E-state index in [2.05, 4.69) is 24.4 Å². The van der Waals surface area contributed by atoms with E-state index >= 15 is 0 Å². The molecule has 0 fully saturated rings. The van der Waals surface area contributed by atoms with E-state index in [4.69, 9.17) is 10.5 Å². The Morgan fingerprint density at radius 3 is 2.64 bits per heavy atom. The highest BCUT2D eigenvalue weighted by Gasteiger charge is 2.28. The number of nitrogens with two attached hydrogens (primary N) is 1. The second kappa shape index (κ2) is 6.98. The van der Waals surface area contributed by atoms with Gasteiger partial charge in [0.1, 0.15) is 0 Å². The van der Waals surface area contributed by atoms with E-state index in [0.29, 0.717) is 6.54 Å². The smallest absolute Gasteiger partial charge is 0.0734 e. The first-order valence-corrected chi connectivity index (χ1v) is 5.19. The molecular weight excluding hydrogens is 176 g/mol. The highest BCUT2D eigenvalue weighted by molar-refractivity contribution is 4.91. The molecule has 0 aliphatic rings. The number of rotatable bonds is 7. The summed E-state index contributed by atoms with van der Waals surface area (Å²) >= 11 is 0. The molecule has 3 N–H and O–H groups in total. The molecule has 0 aromatic rings. The van der Waals surface area contributed by atoms with Crippen LogP contribution in [0.25, 0.3) is 0 Å². The minimum Gasteiger partial charge on any atom is -0.380 e. The van der Waals surface area contributed by atoms with Crippen LogP contribution in [-0.4, -0.2) is 31.8 Å². The monoisotopic (exact) mass is 200 g/mol. The van der Waals surface area contributed by atoms with Gasteiger partial charge in [-0.15, -0.1) is 0 Å². The van der Waals surface area contributed by atoms with E-state index in [1.807, 2.05) is 13.8 Å². The standard InChI is InChI=1S/C11H24N2O/c1-5-6-7-8-13-11(3,9-12)10(2)14-4/h5-6,10,13H,7-9,12H2,1-4H3/b6-5+. The maximum absolute atomic E-state index is 5.74. The van der Waals surface area contributed by atoms with Crippen molar-refractivity contribution in [2.45, 2.75) is 38.8 Å². The second-order valence-electron chi connectivity index (χ2n) is 3.78. The number of nitrogens with one attached hydrogen (secondary N) is 1. The molecule has 0 aliphatic carbocycles. The largest absolute Gasteiger partial charge is 0.380 e. The molecule has 0 aromatic heterocycles. The van der Waals surface area contributed by atoms with Crippen molar-refractivity contribution in [2.75, 3.05) is 20.2 Å². The molecule has 14 heavy (non-hydrogen) atoms. The van der Waals surface area contributed by atoms with Gasteiger partial charge in [0.15, 0.2) is 0 Å². The highest BCUT2D eigenvalue weighted by Crippen LogP contribution is 2.10. The zero-order valence-electron chi connectivity index (χ0n) is 9.84. The molecule has 0 amide bonds. The summed E-state index contributed by atoms with van der Waals surface area (Å²) in [5.74, 6) is 0. The third-order valence-electron chi connectivity index (χ3n) is 2.75. The maximum Gasteiger partial charge on any atom is 0.0734 e. The van der Waals surface area contributed by atoms with E-state index < -0.39 is 0 Å². The van der Waals surface area contributed by atoms with E-state index in [0.717, 1.165) is 13.0 Å². The van der Waals surface area contributed by atoms with Crippen LogP contribution in [0.5, 0.6) is 0 Å². The van der Waals surface area contributed by atoms with Gasteiger partial charge in [0.25, 0.3) is 0 Å². The van der Waals surface area contributed by atoms with Crippen LogP contribution in [0.2, 0.25) is 0 Å². The fourth-order valence-electron chi connectivity index (χ4n) is 1.25. The normalized spacial score (nSPS) is 18.4. The number of allylic oxidation sites excluding steroid dienone is 1. The summed E-state index contributed by atoms with van der Waals surface area (Å²) in [5.41, 5.74) is 5.61. The van der Waals surface area contributed by atoms with Gasteiger partial charge in [0.05, 0.1) is 11.6 Å². The van der Waals surface area contributed by atoms with Gasteiger partial charge in [-0.25, -0.2) is 0 Å². The molecule has 0 bridgehead atoms. The predicted molar refractivity (Wildman–Crippen MR) is 61.4 cm³/mol. The van der Waals surface area contributed by atoms with Crippen LogP contribution in [0.4, 0.5) is 0 Å². The molecule has 0 saturated heterocycles. The zero-order chi connectivity index (χ0) is 11.0. The molecule has 3 heteroatoms. The molecule has 0 radical (unpaired) electrons. The van der Waals surface area contributed by atoms with Crippen molar-refractivity contribution in [3.05, 3.63) is 12.2 Å². The lowest BCUT2D eigenvalue weighted by Gasteiger charge is -2.34. The Morgan fingerprint density at radius 2 is 2.21 bits per heavy atom. The third-order valence-corrected chi connectivity index (χ3v) is 2.75. The SMILES string of the molecule is C/C=C/CCNC(C)(CN)C(C)OC. The van der Waals surface area contributed by atoms with Crippen LogP contribution >= 0.6 is 0 Å². The molecule has 84 valence electrons. The van der Waals surface area contributed by atoms with Gasteiger partial charge in [-0.2, -0.15) is 0 Å². The summed E-state index contributed by atoms with van der Waals surface area (Å²) in [6.45, 7) is 7.68. The van der Waals surface area contributed by atoms with Crippen molar-refractivity contribution in [3.63, 3.8) is 0 Å². The fourth-order valence-corrected chi connectivity index (χ4v) is 1.25. The molecule has 0 spiro atoms. The Morgan fingerprint density at radius 1 is 1.57 bits per heavy atom. The number of hydrogen-bond acceptors (Lipinski definition) is 3. The summed E-state index contributed by atoms with van der Waals surface area (Å²) in [6, 6.07) is 0. The summed E-state index contributed by atoms with van der Waals surface area (Å²) in [4.78, 5) is 0. The maximum atomic E-state index is 5.74. The first-order chi connectivity index (χ1) is 6.60. The van der Waals surface area contributed by atoms with Crippen molar-refractivity contribution in [1.29, 1.82) is 0 Å². The third kappa shape index (κ3) is 4.22. The average molecular weight is 200 g/mol. The van der Waals surface area contributed by atoms with E-state index in [-0.39, 0.29) is 11.6 Å². The number of hydrogen-bond donors (Lipinski definition) is 2. The molecular formula is C11H24N2O. The predicted octanol–water partition coefficient (Wildman–Crippen LogP) is 1.29. The molecule has 0 aromatic carbocycles. The average Bonchev–Trinajstić information content (AvgIpc) is 2.22. The van der Waals surface area contributed by atoms with Crippen molar-refractivity contribution >= 4 is 0 Å². The van der Waals surface area contributed by atoms with Crippen LogP contribution in [0.3, 0.4) is 0 Å². The molecule has 0 heterocycles. The van der Waals surface area contributed by atoms with Gasteiger partial charge in [0.2, 0.25) is 0 Å². The Kier molecular flexibility index (Phi) is 6.79. The van der Waals surface area contributed by atoms with Gasteiger partial charge >= 0.3 is 0 Å². The van der Waals surface area contributed by atoms with Crippen LogP contribution in [0.1, 0.15) is 27.2 Å². The van der Waals surface area contributed by atoms with Gasteiger partial charge in [-0.3, -0.25) is 0 Å². The van der Waals surface area contributed by atoms with Gasteiger partial charge in [-0.1, -0.05) is 12.2 Å². The van der Waals surface area contributed by atoms with E-state index in [1.165, 1.54) is 0 Å². The Balaban J connectivity index is 3.98. The van der Waals surface area contributed by atoms with Crippen LogP contribution < -0.4 is 11.1 Å². The first-order valence-electron chi connectivity index (χ1n) is 5.19. The van der Waals surface area contributed by atoms with Crippen LogP contribution in [0.15, 0.2) is 12.2 Å². The number of methoxy groups -OCH3 is 1. The zero-order valence-corrected chi connectivity index (χ0v) is 9.84. The van der Waals surface area contributed by atoms with Crippen molar-refractivity contribution < 1.29 is 4.74 Å². The second-order valence-corrected chi connectivity index (χ2v) is 3.78. The molecule has 0 aliphatic heterocycles. The fraction of sp³-hybridized carbons (Fsp3) is 0.818. The highest BCUT2D eigenvalue weighted by atomic mass is 16.5. The molecule has 2 unspecified atom stereocenters. The minimum absolute atomic E-state index is 0.123. The number of ether oxygens (including phenoxy) is 1. The van der Waals surface area contributed by atoms with Gasteiger partial charge < -0.3 is 15.8 Å². The summed E-state index contributed by atoms with van der Waals surface area (Å²) in [6.07, 6.45) is 5.35. The van der Waals surface area contributed by atoms with E-state index in [1.54, 1.807) is 7.11 Å². The summed E-state index contributed by atoms with van der Waals surface area (Å²) in [5, 5.41) is 3.43. The Bertz CT molecular complexity index is 171. The Hall–Kier alpha value is -0.380. The van der Waals surface area contributed by atoms with Crippen molar-refractivity contribution in [1.82, 2.24) is 5.32 Å². The lowest BCUT2D eigenvalue weighted by atomic mass is 9.95. The van der Waals surface area contributed by atoms with Crippen molar-refractivity contribution in [3.8, 4) is 0 Å². The quantitative estimate of drug-likeness (QED) is 0.481. The topological polar surface area (TPSA) is 47.3 Å². The lowest BCUT2D eigenvalue weighted by molar-refractivity contribution is 0.0424. The molecule has 0 rings (SSSR count). The summed E-state index contributed by atoms with van der Waals surface area (Å²) < 4.78 is 5.30. The Labute approximate surface area is 87.7 Å². The molecule has 2 atom stereocenters. The lowest BCUT2D eigenvalue weighted by Crippen LogP contribution is -2.56. The minimum atomic E-state index is -0.129. The van der Waals surface area contributed by atoms with Crippen LogP contribution in [-0.2, 0) is 4.74 Å².